The molecule has 10 atom stereocenters. The summed E-state index contributed by atoms with van der Waals surface area (Å²) in [7, 11) is 0. The number of hydrogen-bond acceptors (Lipinski definition) is 13. The standard InChI is InChI=1S/C30H44N4O5.C28H40N4O5/c1-5-39-29(38)25-21-13-9-12-20(21)18-34(25)28(37)26(30(2,3)4)33-27(36)22(19-10-7-6-8-11-19)16-24(35)23-17-31-14-15-32-23;1-28(2,3)24(26(35)32-16-18-10-7-11-19(18)23(32)27(36)37)31-25(34)20(17-8-5-4-6-9-17)14-22(33)21-15-29-12-13-30-21/h14-15,17,19-22,25-26H,5-13,16,18H2,1-4H3,(H,33,36);12-13,15,17-20,23-24H,4-11,14,16H2,1-3H3,(H,31,34)(H,36,37)/t20-,21-,22-,25-,26+;18-,19-,20-,23-,24+/m00/s1. The van der Waals surface area contributed by atoms with E-state index in [9.17, 15) is 43.5 Å². The minimum atomic E-state index is -0.976. The van der Waals surface area contributed by atoms with E-state index in [0.717, 1.165) is 103 Å². The summed E-state index contributed by atoms with van der Waals surface area (Å²) in [6, 6.07) is -3.19. The Morgan fingerprint density at radius 3 is 1.36 bits per heavy atom. The molecule has 4 heterocycles. The average Bonchev–Trinajstić information content (AvgIpc) is 4.23. The van der Waals surface area contributed by atoms with E-state index in [2.05, 4.69) is 30.6 Å². The topological polar surface area (TPSA) is 248 Å². The average molecular weight is 1050 g/mol. The number of ketones is 2. The molecule has 2 aromatic heterocycles. The van der Waals surface area contributed by atoms with Crippen LogP contribution >= 0.6 is 0 Å². The number of nitrogens with one attached hydrogen (secondary N) is 2. The Kier molecular flexibility index (Phi) is 19.6. The van der Waals surface area contributed by atoms with Crippen LogP contribution in [-0.2, 0) is 33.5 Å². The molecule has 2 aliphatic heterocycles. The van der Waals surface area contributed by atoms with Crippen molar-refractivity contribution in [2.45, 2.75) is 188 Å². The molecule has 6 fully saturated rings. The number of hydrogen-bond donors (Lipinski definition) is 3. The Morgan fingerprint density at radius 1 is 0.579 bits per heavy atom. The molecule has 0 radical (unpaired) electrons. The number of carbonyl (C=O) groups is 8. The summed E-state index contributed by atoms with van der Waals surface area (Å²) in [6.07, 6.45) is 24.3. The highest BCUT2D eigenvalue weighted by Crippen LogP contribution is 2.45. The molecule has 0 aromatic carbocycles. The molecule has 0 bridgehead atoms. The van der Waals surface area contributed by atoms with Crippen molar-refractivity contribution in [3.8, 4) is 0 Å². The Bertz CT molecular complexity index is 2360. The smallest absolute Gasteiger partial charge is 0.329 e. The number of aliphatic carboxylic acids is 1. The molecule has 4 amide bonds. The molecular formula is C58H84N8O10. The van der Waals surface area contributed by atoms with Gasteiger partial charge in [0.1, 0.15) is 35.6 Å². The van der Waals surface area contributed by atoms with E-state index in [1.165, 1.54) is 42.1 Å². The first-order valence-electron chi connectivity index (χ1n) is 28.4. The molecule has 76 heavy (non-hydrogen) atoms. The van der Waals surface area contributed by atoms with E-state index < -0.39 is 52.8 Å². The van der Waals surface area contributed by atoms with Crippen molar-refractivity contribution in [1.29, 1.82) is 0 Å². The third-order valence-corrected chi connectivity index (χ3v) is 17.5. The van der Waals surface area contributed by atoms with Gasteiger partial charge in [-0.25, -0.2) is 19.6 Å². The minimum absolute atomic E-state index is 0.00581. The first kappa shape index (κ1) is 58.0. The fourth-order valence-corrected chi connectivity index (χ4v) is 13.6. The maximum absolute atomic E-state index is 14.1. The van der Waals surface area contributed by atoms with E-state index in [0.29, 0.717) is 13.1 Å². The van der Waals surface area contributed by atoms with Crippen LogP contribution in [0.1, 0.15) is 185 Å². The SMILES string of the molecule is CC(C)(C)[C@H](NC(=O)[C@@H](CC(=O)c1cnccn1)C1CCCCC1)C(=O)N1C[C@@H]2CCC[C@@H]2[C@H]1C(=O)O.CCOC(=O)[C@@H]1[C@H]2CCC[C@H]2CN1C(=O)[C@@H](NC(=O)[C@@H](CC(=O)c1cnccn1)C1CCCCC1)C(C)(C)C. The van der Waals surface area contributed by atoms with Gasteiger partial charge in [0.25, 0.3) is 0 Å². The lowest BCUT2D eigenvalue weighted by atomic mass is 9.76. The lowest BCUT2D eigenvalue weighted by molar-refractivity contribution is -0.156. The van der Waals surface area contributed by atoms with Crippen molar-refractivity contribution in [2.24, 2.45) is 58.2 Å². The fraction of sp³-hybridized carbons (Fsp3) is 0.724. The van der Waals surface area contributed by atoms with Crippen LogP contribution < -0.4 is 10.6 Å². The second-order valence-electron chi connectivity index (χ2n) is 24.7. The van der Waals surface area contributed by atoms with Gasteiger partial charge >= 0.3 is 11.9 Å². The molecule has 18 heteroatoms. The van der Waals surface area contributed by atoms with Gasteiger partial charge in [0.15, 0.2) is 11.6 Å². The highest BCUT2D eigenvalue weighted by atomic mass is 16.5. The number of nitrogens with zero attached hydrogens (tertiary/aromatic N) is 6. The van der Waals surface area contributed by atoms with Gasteiger partial charge in [-0.15, -0.1) is 0 Å². The number of fused-ring (bicyclic) bond motifs is 2. The highest BCUT2D eigenvalue weighted by molar-refractivity contribution is 5.99. The van der Waals surface area contributed by atoms with Crippen LogP contribution in [0.5, 0.6) is 0 Å². The third-order valence-electron chi connectivity index (χ3n) is 17.5. The molecule has 8 rings (SSSR count). The zero-order valence-electron chi connectivity index (χ0n) is 46.0. The van der Waals surface area contributed by atoms with Crippen LogP contribution in [0.25, 0.3) is 0 Å². The Balaban J connectivity index is 0.000000221. The van der Waals surface area contributed by atoms with Crippen molar-refractivity contribution < 1.29 is 48.2 Å². The zero-order valence-corrected chi connectivity index (χ0v) is 46.0. The van der Waals surface area contributed by atoms with Crippen LogP contribution in [0.15, 0.2) is 37.2 Å². The van der Waals surface area contributed by atoms with E-state index in [4.69, 9.17) is 4.74 Å². The summed E-state index contributed by atoms with van der Waals surface area (Å²) >= 11 is 0. The molecule has 4 aliphatic carbocycles. The number of esters is 1. The van der Waals surface area contributed by atoms with Gasteiger partial charge in [0, 0.05) is 62.6 Å². The van der Waals surface area contributed by atoms with Crippen molar-refractivity contribution in [3.05, 3.63) is 48.6 Å². The van der Waals surface area contributed by atoms with E-state index in [-0.39, 0.29) is 108 Å². The monoisotopic (exact) mass is 1050 g/mol. The number of Topliss-reactive ketones (excluding diaryl/α,β-unsaturated/α-hetero) is 2. The molecule has 4 saturated carbocycles. The second-order valence-corrected chi connectivity index (χ2v) is 24.7. The summed E-state index contributed by atoms with van der Waals surface area (Å²) in [5.74, 6) is -3.46. The number of ether oxygens (including phenoxy) is 1. The predicted molar refractivity (Wildman–Crippen MR) is 282 cm³/mol. The minimum Gasteiger partial charge on any atom is -0.480 e. The van der Waals surface area contributed by atoms with E-state index in [1.54, 1.807) is 11.8 Å². The summed E-state index contributed by atoms with van der Waals surface area (Å²) < 4.78 is 5.40. The Morgan fingerprint density at radius 2 is 0.987 bits per heavy atom. The molecule has 3 N–H and O–H groups in total. The Hall–Kier alpha value is -5.68. The number of carbonyl (C=O) groups excluding carboxylic acids is 7. The molecule has 2 aromatic rings. The van der Waals surface area contributed by atoms with Crippen LogP contribution in [0.3, 0.4) is 0 Å². The van der Waals surface area contributed by atoms with Crippen molar-refractivity contribution in [3.63, 3.8) is 0 Å². The molecule has 416 valence electrons. The normalized spacial score (nSPS) is 25.4. The van der Waals surface area contributed by atoms with Crippen molar-refractivity contribution in [2.75, 3.05) is 19.7 Å². The molecule has 6 aliphatic rings. The van der Waals surface area contributed by atoms with Crippen LogP contribution in [-0.4, -0.2) is 126 Å². The number of amides is 4. The van der Waals surface area contributed by atoms with Crippen molar-refractivity contribution >= 4 is 47.1 Å². The molecular weight excluding hydrogens is 969 g/mol. The number of aromatic nitrogens is 4. The largest absolute Gasteiger partial charge is 0.480 e. The van der Waals surface area contributed by atoms with Gasteiger partial charge in [0.05, 0.1) is 19.0 Å². The molecule has 0 unspecified atom stereocenters. The number of likely N-dealkylation sites (tertiary alicyclic amines) is 2. The van der Waals surface area contributed by atoms with Gasteiger partial charge < -0.3 is 30.3 Å². The van der Waals surface area contributed by atoms with Crippen LogP contribution in [0.2, 0.25) is 0 Å². The fourth-order valence-electron chi connectivity index (χ4n) is 13.6. The first-order chi connectivity index (χ1) is 36.2. The predicted octanol–water partition coefficient (Wildman–Crippen LogP) is 7.46. The summed E-state index contributed by atoms with van der Waals surface area (Å²) in [6.45, 7) is 14.4. The molecule has 18 nitrogen and oxygen atoms in total. The van der Waals surface area contributed by atoms with Crippen molar-refractivity contribution in [1.82, 2.24) is 40.4 Å². The number of carboxylic acids is 1. The van der Waals surface area contributed by atoms with Gasteiger partial charge in [-0.2, -0.15) is 0 Å². The quantitative estimate of drug-likeness (QED) is 0.103. The Labute approximate surface area is 448 Å². The summed E-state index contributed by atoms with van der Waals surface area (Å²) in [4.78, 5) is 127. The lowest BCUT2D eigenvalue weighted by Crippen LogP contribution is -2.58. The van der Waals surface area contributed by atoms with Gasteiger partial charge in [0.2, 0.25) is 23.6 Å². The lowest BCUT2D eigenvalue weighted by Gasteiger charge is -2.37. The number of carboxylic acid groups (broad SMARTS) is 1. The molecule has 0 spiro atoms. The highest BCUT2D eigenvalue weighted by Gasteiger charge is 2.54. The van der Waals surface area contributed by atoms with E-state index >= 15 is 0 Å². The van der Waals surface area contributed by atoms with E-state index in [1.807, 2.05) is 41.5 Å². The number of rotatable bonds is 17. The third kappa shape index (κ3) is 13.9. The maximum Gasteiger partial charge on any atom is 0.329 e. The van der Waals surface area contributed by atoms with Gasteiger partial charge in [-0.1, -0.05) is 92.9 Å². The first-order valence-corrected chi connectivity index (χ1v) is 28.4. The van der Waals surface area contributed by atoms with Crippen LogP contribution in [0.4, 0.5) is 0 Å². The maximum atomic E-state index is 14.1. The van der Waals surface area contributed by atoms with Gasteiger partial charge in [-0.3, -0.25) is 38.7 Å². The summed E-state index contributed by atoms with van der Waals surface area (Å²) in [5, 5.41) is 16.1. The summed E-state index contributed by atoms with van der Waals surface area (Å²) in [5.41, 5.74) is -0.766. The zero-order chi connectivity index (χ0) is 54.9. The second kappa shape index (κ2) is 25.6. The van der Waals surface area contributed by atoms with Gasteiger partial charge in [-0.05, 0) is 105 Å². The molecule has 2 saturated heterocycles. The van der Waals surface area contributed by atoms with Crippen LogP contribution in [0, 0.1) is 58.2 Å².